The molecule has 0 saturated carbocycles. The molecule has 96 valence electrons. The predicted molar refractivity (Wildman–Crippen MR) is 70.7 cm³/mol. The van der Waals surface area contributed by atoms with E-state index in [2.05, 4.69) is 11.6 Å². The van der Waals surface area contributed by atoms with Crippen molar-refractivity contribution in [2.45, 2.75) is 34.1 Å². The van der Waals surface area contributed by atoms with Crippen LogP contribution in [0, 0.1) is 0 Å². The SMILES string of the molecule is C=C(N=C(C)OC(C)=CC)C(=O)N(C)CCC. The minimum absolute atomic E-state index is 0.173. The number of likely N-dealkylation sites (N-methyl/N-ethyl adjacent to an activating group) is 1. The van der Waals surface area contributed by atoms with Crippen molar-refractivity contribution in [3.63, 3.8) is 0 Å². The molecule has 0 saturated heterocycles. The summed E-state index contributed by atoms with van der Waals surface area (Å²) in [5.74, 6) is 0.991. The molecule has 0 aliphatic heterocycles. The number of amides is 1. The van der Waals surface area contributed by atoms with Crippen molar-refractivity contribution in [2.24, 2.45) is 4.99 Å². The Morgan fingerprint density at radius 2 is 2.06 bits per heavy atom. The smallest absolute Gasteiger partial charge is 0.271 e. The summed E-state index contributed by atoms with van der Waals surface area (Å²) in [5, 5.41) is 0. The second-order valence-electron chi connectivity index (χ2n) is 3.81. The van der Waals surface area contributed by atoms with Crippen LogP contribution in [0.25, 0.3) is 0 Å². The number of carbonyl (C=O) groups excluding carboxylic acids is 1. The molecule has 0 atom stereocenters. The van der Waals surface area contributed by atoms with Crippen molar-refractivity contribution in [3.05, 3.63) is 24.1 Å². The van der Waals surface area contributed by atoms with Gasteiger partial charge in [-0.2, -0.15) is 0 Å². The normalized spacial score (nSPS) is 12.3. The zero-order chi connectivity index (χ0) is 13.4. The van der Waals surface area contributed by atoms with E-state index in [1.165, 1.54) is 0 Å². The number of ether oxygens (including phenoxy) is 1. The van der Waals surface area contributed by atoms with Crippen molar-refractivity contribution in [3.8, 4) is 0 Å². The molecule has 0 aromatic heterocycles. The van der Waals surface area contributed by atoms with Crippen molar-refractivity contribution in [2.75, 3.05) is 13.6 Å². The van der Waals surface area contributed by atoms with Crippen LogP contribution < -0.4 is 0 Å². The minimum Gasteiger partial charge on any atom is -0.448 e. The molecule has 0 N–H and O–H groups in total. The summed E-state index contributed by atoms with van der Waals surface area (Å²) in [5.41, 5.74) is 0.197. The molecule has 0 rings (SSSR count). The van der Waals surface area contributed by atoms with Crippen molar-refractivity contribution >= 4 is 11.8 Å². The summed E-state index contributed by atoms with van der Waals surface area (Å²) < 4.78 is 5.34. The van der Waals surface area contributed by atoms with Gasteiger partial charge in [0.25, 0.3) is 5.91 Å². The Kier molecular flexibility index (Phi) is 6.94. The molecule has 1 amide bonds. The highest BCUT2D eigenvalue weighted by atomic mass is 16.5. The molecule has 4 heteroatoms. The second kappa shape index (κ2) is 7.65. The number of nitrogens with zero attached hydrogens (tertiary/aromatic N) is 2. The molecule has 0 radical (unpaired) electrons. The van der Waals surface area contributed by atoms with Gasteiger partial charge < -0.3 is 9.64 Å². The summed E-state index contributed by atoms with van der Waals surface area (Å²) in [7, 11) is 1.74. The highest BCUT2D eigenvalue weighted by molar-refractivity contribution is 5.95. The van der Waals surface area contributed by atoms with Gasteiger partial charge in [-0.3, -0.25) is 4.79 Å². The third-order valence-corrected chi connectivity index (χ3v) is 2.16. The van der Waals surface area contributed by atoms with Crippen molar-refractivity contribution < 1.29 is 9.53 Å². The van der Waals surface area contributed by atoms with Gasteiger partial charge in [0.1, 0.15) is 5.70 Å². The highest BCUT2D eigenvalue weighted by Crippen LogP contribution is 2.04. The van der Waals surface area contributed by atoms with E-state index in [1.54, 1.807) is 18.9 Å². The van der Waals surface area contributed by atoms with Gasteiger partial charge in [-0.25, -0.2) is 4.99 Å². The molecular formula is C13H22N2O2. The fourth-order valence-electron chi connectivity index (χ4n) is 1.21. The van der Waals surface area contributed by atoms with Crippen LogP contribution in [-0.4, -0.2) is 30.3 Å². The standard InChI is InChI=1S/C13H22N2O2/c1-7-9-15(6)13(16)11(4)14-12(5)17-10(3)8-2/h8H,4,7,9H2,1-3,5-6H3. The maximum Gasteiger partial charge on any atom is 0.271 e. The zero-order valence-electron chi connectivity index (χ0n) is 11.4. The first-order valence-corrected chi connectivity index (χ1v) is 5.72. The first-order chi connectivity index (χ1) is 7.92. The second-order valence-corrected chi connectivity index (χ2v) is 3.81. The maximum absolute atomic E-state index is 11.8. The van der Waals surface area contributed by atoms with E-state index in [9.17, 15) is 4.79 Å². The van der Waals surface area contributed by atoms with Crippen LogP contribution in [0.1, 0.15) is 34.1 Å². The Balaban J connectivity index is 4.51. The van der Waals surface area contributed by atoms with Gasteiger partial charge in [0.15, 0.2) is 5.90 Å². The quantitative estimate of drug-likeness (QED) is 0.320. The largest absolute Gasteiger partial charge is 0.448 e. The summed E-state index contributed by atoms with van der Waals surface area (Å²) in [6, 6.07) is 0. The Morgan fingerprint density at radius 1 is 1.47 bits per heavy atom. The summed E-state index contributed by atoms with van der Waals surface area (Å²) in [6.07, 6.45) is 2.74. The van der Waals surface area contributed by atoms with E-state index < -0.39 is 0 Å². The average molecular weight is 238 g/mol. The van der Waals surface area contributed by atoms with E-state index in [-0.39, 0.29) is 11.6 Å². The van der Waals surface area contributed by atoms with Gasteiger partial charge >= 0.3 is 0 Å². The lowest BCUT2D eigenvalue weighted by atomic mass is 10.4. The molecular weight excluding hydrogens is 216 g/mol. The molecule has 0 unspecified atom stereocenters. The number of carbonyl (C=O) groups is 1. The fraction of sp³-hybridized carbons (Fsp3) is 0.538. The highest BCUT2D eigenvalue weighted by Gasteiger charge is 2.11. The third kappa shape index (κ3) is 5.90. The van der Waals surface area contributed by atoms with Crippen LogP contribution in [0.4, 0.5) is 0 Å². The lowest BCUT2D eigenvalue weighted by molar-refractivity contribution is -0.125. The first-order valence-electron chi connectivity index (χ1n) is 5.72. The number of aliphatic imine (C=N–C) groups is 1. The molecule has 0 aliphatic carbocycles. The topological polar surface area (TPSA) is 41.9 Å². The summed E-state index contributed by atoms with van der Waals surface area (Å²) >= 11 is 0. The molecule has 0 bridgehead atoms. The summed E-state index contributed by atoms with van der Waals surface area (Å²) in [4.78, 5) is 17.4. The molecule has 0 spiro atoms. The monoisotopic (exact) mass is 238 g/mol. The van der Waals surface area contributed by atoms with Gasteiger partial charge in [-0.05, 0) is 26.3 Å². The molecule has 0 aromatic rings. The maximum atomic E-state index is 11.8. The average Bonchev–Trinajstić information content (AvgIpc) is 2.27. The molecule has 4 nitrogen and oxygen atoms in total. The Labute approximate surface area is 104 Å². The molecule has 0 fully saturated rings. The van der Waals surface area contributed by atoms with E-state index in [4.69, 9.17) is 4.74 Å². The summed E-state index contributed by atoms with van der Waals surface area (Å²) in [6.45, 7) is 11.8. The number of hydrogen-bond acceptors (Lipinski definition) is 3. The fourth-order valence-corrected chi connectivity index (χ4v) is 1.21. The van der Waals surface area contributed by atoms with E-state index in [0.29, 0.717) is 12.4 Å². The van der Waals surface area contributed by atoms with Crippen molar-refractivity contribution in [1.82, 2.24) is 4.90 Å². The Hall–Kier alpha value is -1.58. The van der Waals surface area contributed by atoms with E-state index >= 15 is 0 Å². The van der Waals surface area contributed by atoms with Gasteiger partial charge in [-0.15, -0.1) is 0 Å². The lowest BCUT2D eigenvalue weighted by Gasteiger charge is -2.15. The Morgan fingerprint density at radius 3 is 2.53 bits per heavy atom. The predicted octanol–water partition coefficient (Wildman–Crippen LogP) is 2.73. The molecule has 0 aromatic carbocycles. The van der Waals surface area contributed by atoms with Crippen LogP contribution >= 0.6 is 0 Å². The number of allylic oxidation sites excluding steroid dienone is 2. The first kappa shape index (κ1) is 15.4. The van der Waals surface area contributed by atoms with Gasteiger partial charge in [0, 0.05) is 20.5 Å². The van der Waals surface area contributed by atoms with Gasteiger partial charge in [-0.1, -0.05) is 13.5 Å². The van der Waals surface area contributed by atoms with Crippen LogP contribution in [-0.2, 0) is 9.53 Å². The van der Waals surface area contributed by atoms with Crippen LogP contribution in [0.5, 0.6) is 0 Å². The van der Waals surface area contributed by atoms with Crippen LogP contribution in [0.15, 0.2) is 29.1 Å². The number of hydrogen-bond donors (Lipinski definition) is 0. The van der Waals surface area contributed by atoms with Gasteiger partial charge in [0.05, 0.1) is 5.76 Å². The molecule has 0 aliphatic rings. The number of rotatable bonds is 5. The molecule has 0 heterocycles. The van der Waals surface area contributed by atoms with Gasteiger partial charge in [0.2, 0.25) is 0 Å². The van der Waals surface area contributed by atoms with Crippen LogP contribution in [0.3, 0.4) is 0 Å². The minimum atomic E-state index is -0.173. The van der Waals surface area contributed by atoms with Crippen molar-refractivity contribution in [1.29, 1.82) is 0 Å². The molecule has 17 heavy (non-hydrogen) atoms. The van der Waals surface area contributed by atoms with E-state index in [0.717, 1.165) is 12.2 Å². The lowest BCUT2D eigenvalue weighted by Crippen LogP contribution is -2.28. The van der Waals surface area contributed by atoms with Crippen LogP contribution in [0.2, 0.25) is 0 Å². The van der Waals surface area contributed by atoms with E-state index in [1.807, 2.05) is 26.8 Å². The zero-order valence-corrected chi connectivity index (χ0v) is 11.4. The Bertz CT molecular complexity index is 343. The third-order valence-electron chi connectivity index (χ3n) is 2.16.